The molecule has 0 spiro atoms. The average Bonchev–Trinajstić information content (AvgIpc) is 3.02. The molecule has 33 heavy (non-hydrogen) atoms. The fourth-order valence-corrected chi connectivity index (χ4v) is 4.50. The molecule has 7 nitrogen and oxygen atoms in total. The van der Waals surface area contributed by atoms with E-state index in [1.54, 1.807) is 39.0 Å². The molecule has 1 heterocycles. The fourth-order valence-electron chi connectivity index (χ4n) is 3.81. The molecule has 1 aromatic rings. The highest BCUT2D eigenvalue weighted by atomic mass is 35.5. The third-order valence-corrected chi connectivity index (χ3v) is 6.48. The molecule has 2 rings (SSSR count). The van der Waals surface area contributed by atoms with Gasteiger partial charge in [-0.25, -0.2) is 9.69 Å². The van der Waals surface area contributed by atoms with Crippen molar-refractivity contribution in [2.45, 2.75) is 65.3 Å². The lowest BCUT2D eigenvalue weighted by Gasteiger charge is -2.36. The van der Waals surface area contributed by atoms with E-state index in [9.17, 15) is 19.2 Å². The van der Waals surface area contributed by atoms with E-state index in [-0.39, 0.29) is 12.5 Å². The molecule has 0 aromatic heterocycles. The quantitative estimate of drug-likeness (QED) is 0.205. The number of Topliss-reactive ketones (excluding diaryl/α,β-unsaturated/α-hetero) is 1. The van der Waals surface area contributed by atoms with E-state index in [2.05, 4.69) is 12.2 Å². The highest BCUT2D eigenvalue weighted by Gasteiger charge is 2.60. The van der Waals surface area contributed by atoms with Gasteiger partial charge in [0, 0.05) is 22.7 Å². The van der Waals surface area contributed by atoms with E-state index >= 15 is 0 Å². The van der Waals surface area contributed by atoms with Crippen molar-refractivity contribution in [3.05, 3.63) is 29.3 Å². The van der Waals surface area contributed by atoms with Gasteiger partial charge in [-0.2, -0.15) is 0 Å². The minimum atomic E-state index is -2.53. The van der Waals surface area contributed by atoms with Crippen LogP contribution in [0.2, 0.25) is 5.02 Å². The van der Waals surface area contributed by atoms with E-state index in [1.165, 1.54) is 11.0 Å². The van der Waals surface area contributed by atoms with Crippen LogP contribution in [0.15, 0.2) is 24.3 Å². The third-order valence-electron chi connectivity index (χ3n) is 5.73. The Bertz CT molecular complexity index is 915. The van der Waals surface area contributed by atoms with Crippen LogP contribution in [-0.4, -0.2) is 51.5 Å². The second-order valence-electron chi connectivity index (χ2n) is 9.47. The molecule has 0 bridgehead atoms. The van der Waals surface area contributed by atoms with Crippen molar-refractivity contribution in [2.75, 3.05) is 18.4 Å². The maximum Gasteiger partial charge on any atom is 0.329 e. The van der Waals surface area contributed by atoms with Gasteiger partial charge in [-0.3, -0.25) is 14.4 Å². The van der Waals surface area contributed by atoms with Crippen molar-refractivity contribution in [3.8, 4) is 0 Å². The maximum atomic E-state index is 13.4. The summed E-state index contributed by atoms with van der Waals surface area (Å²) in [6.07, 6.45) is 3.82. The standard InChI is InChI=1S/C24H33Cl2N3O4/c1-6-8-10-16(7-2)14-28-15-19(30)29(22(28)33)24(26,20(31)23(3,4)5)21(32)27-18-12-9-11-17(25)13-18/h9,11-13,16H,6-8,10,14-15H2,1-5H3,(H,27,32). The van der Waals surface area contributed by atoms with Gasteiger partial charge in [-0.05, 0) is 30.5 Å². The lowest BCUT2D eigenvalue weighted by molar-refractivity contribution is -0.145. The molecule has 2 atom stereocenters. The van der Waals surface area contributed by atoms with Gasteiger partial charge < -0.3 is 10.2 Å². The van der Waals surface area contributed by atoms with Gasteiger partial charge >= 0.3 is 6.03 Å². The van der Waals surface area contributed by atoms with Crippen molar-refractivity contribution < 1.29 is 19.2 Å². The first-order valence-corrected chi connectivity index (χ1v) is 12.0. The zero-order valence-electron chi connectivity index (χ0n) is 19.9. The number of alkyl halides is 1. The minimum Gasteiger partial charge on any atom is -0.322 e. The predicted molar refractivity (Wildman–Crippen MR) is 130 cm³/mol. The van der Waals surface area contributed by atoms with Gasteiger partial charge in [0.15, 0.2) is 5.78 Å². The second-order valence-corrected chi connectivity index (χ2v) is 10.5. The summed E-state index contributed by atoms with van der Waals surface area (Å²) >= 11 is 12.7. The van der Waals surface area contributed by atoms with Crippen LogP contribution in [0.1, 0.15) is 60.3 Å². The highest BCUT2D eigenvalue weighted by molar-refractivity contribution is 6.50. The van der Waals surface area contributed by atoms with Crippen molar-refractivity contribution in [3.63, 3.8) is 0 Å². The van der Waals surface area contributed by atoms with Crippen LogP contribution in [0.5, 0.6) is 0 Å². The van der Waals surface area contributed by atoms with Gasteiger partial charge in [-0.1, -0.05) is 83.1 Å². The van der Waals surface area contributed by atoms with Crippen LogP contribution >= 0.6 is 23.2 Å². The molecule has 1 saturated heterocycles. The number of halogens is 2. The first-order chi connectivity index (χ1) is 15.4. The number of ketones is 1. The number of benzene rings is 1. The predicted octanol–water partition coefficient (Wildman–Crippen LogP) is 5.31. The molecule has 0 aliphatic carbocycles. The zero-order chi connectivity index (χ0) is 25.0. The molecular weight excluding hydrogens is 465 g/mol. The minimum absolute atomic E-state index is 0.213. The van der Waals surface area contributed by atoms with E-state index in [0.717, 1.165) is 25.7 Å². The van der Waals surface area contributed by atoms with Crippen molar-refractivity contribution in [1.29, 1.82) is 0 Å². The molecular formula is C24H33Cl2N3O4. The van der Waals surface area contributed by atoms with E-state index in [0.29, 0.717) is 22.2 Å². The van der Waals surface area contributed by atoms with Crippen LogP contribution in [0.25, 0.3) is 0 Å². The summed E-state index contributed by atoms with van der Waals surface area (Å²) in [5, 5.41) is 2.92. The summed E-state index contributed by atoms with van der Waals surface area (Å²) in [4.78, 5) is 52.6. The number of carbonyl (C=O) groups excluding carboxylic acids is 4. The largest absolute Gasteiger partial charge is 0.329 e. The Balaban J connectivity index is 2.40. The Hall–Kier alpha value is -2.12. The smallest absolute Gasteiger partial charge is 0.322 e. The van der Waals surface area contributed by atoms with Gasteiger partial charge in [0.1, 0.15) is 6.54 Å². The number of rotatable bonds is 10. The van der Waals surface area contributed by atoms with Gasteiger partial charge in [0.2, 0.25) is 0 Å². The number of carbonyl (C=O) groups is 4. The molecule has 9 heteroatoms. The Labute approximate surface area is 205 Å². The number of hydrogen-bond acceptors (Lipinski definition) is 4. The van der Waals surface area contributed by atoms with Crippen LogP contribution in [0.4, 0.5) is 10.5 Å². The number of imide groups is 1. The van der Waals surface area contributed by atoms with Gasteiger partial charge in [0.05, 0.1) is 0 Å². The Morgan fingerprint density at radius 3 is 2.39 bits per heavy atom. The molecule has 1 fully saturated rings. The van der Waals surface area contributed by atoms with Crippen LogP contribution < -0.4 is 5.32 Å². The van der Waals surface area contributed by atoms with Crippen LogP contribution in [0.3, 0.4) is 0 Å². The monoisotopic (exact) mass is 497 g/mol. The first-order valence-electron chi connectivity index (χ1n) is 11.3. The van der Waals surface area contributed by atoms with E-state index < -0.39 is 34.0 Å². The lowest BCUT2D eigenvalue weighted by Crippen LogP contribution is -2.63. The second kappa shape index (κ2) is 10.9. The summed E-state index contributed by atoms with van der Waals surface area (Å²) in [5.41, 5.74) is -0.810. The molecule has 2 unspecified atom stereocenters. The summed E-state index contributed by atoms with van der Waals surface area (Å²) in [6.45, 7) is 9.02. The Morgan fingerprint density at radius 2 is 1.85 bits per heavy atom. The number of nitrogens with zero attached hydrogens (tertiary/aromatic N) is 2. The Morgan fingerprint density at radius 1 is 1.18 bits per heavy atom. The average molecular weight is 498 g/mol. The molecule has 0 saturated carbocycles. The normalized spacial score (nSPS) is 17.2. The summed E-state index contributed by atoms with van der Waals surface area (Å²) in [7, 11) is 0. The fraction of sp³-hybridized carbons (Fsp3) is 0.583. The van der Waals surface area contributed by atoms with E-state index in [4.69, 9.17) is 23.2 Å². The zero-order valence-corrected chi connectivity index (χ0v) is 21.4. The summed E-state index contributed by atoms with van der Waals surface area (Å²) in [5.74, 6) is -2.20. The summed E-state index contributed by atoms with van der Waals surface area (Å²) < 4.78 is 0. The number of hydrogen-bond donors (Lipinski definition) is 1. The molecule has 1 N–H and O–H groups in total. The molecule has 1 aliphatic heterocycles. The molecule has 4 amide bonds. The van der Waals surface area contributed by atoms with Crippen molar-refractivity contribution in [2.24, 2.45) is 11.3 Å². The number of unbranched alkanes of at least 4 members (excludes halogenated alkanes) is 1. The number of urea groups is 1. The lowest BCUT2D eigenvalue weighted by atomic mass is 9.85. The van der Waals surface area contributed by atoms with E-state index in [1.807, 2.05) is 6.92 Å². The molecule has 1 aromatic carbocycles. The van der Waals surface area contributed by atoms with Crippen molar-refractivity contribution >= 4 is 52.5 Å². The SMILES string of the molecule is CCCCC(CC)CN1CC(=O)N(C(Cl)(C(=O)Nc2cccc(Cl)c2)C(=O)C(C)(C)C)C1=O. The topological polar surface area (TPSA) is 86.8 Å². The summed E-state index contributed by atoms with van der Waals surface area (Å²) in [6, 6.07) is 5.57. The third kappa shape index (κ3) is 6.07. The highest BCUT2D eigenvalue weighted by Crippen LogP contribution is 2.36. The molecule has 182 valence electrons. The Kier molecular flexibility index (Phi) is 8.94. The van der Waals surface area contributed by atoms with Crippen LogP contribution in [0, 0.1) is 11.3 Å². The van der Waals surface area contributed by atoms with Crippen molar-refractivity contribution in [1.82, 2.24) is 9.80 Å². The molecule has 0 radical (unpaired) electrons. The number of amides is 4. The molecule has 1 aliphatic rings. The van der Waals surface area contributed by atoms with Gasteiger partial charge in [0.25, 0.3) is 16.8 Å². The first kappa shape index (κ1) is 27.1. The van der Waals surface area contributed by atoms with Gasteiger partial charge in [-0.15, -0.1) is 0 Å². The number of nitrogens with one attached hydrogen (secondary N) is 1. The van der Waals surface area contributed by atoms with Crippen LogP contribution in [-0.2, 0) is 14.4 Å². The number of anilines is 1. The maximum absolute atomic E-state index is 13.4.